The van der Waals surface area contributed by atoms with E-state index in [0.717, 1.165) is 44.9 Å². The summed E-state index contributed by atoms with van der Waals surface area (Å²) in [6, 6.07) is -0.537. The van der Waals surface area contributed by atoms with Gasteiger partial charge in [-0.3, -0.25) is 9.59 Å². The SMILES string of the molecule is CCCCCCCCC/C=C\CCCCCCCCCC(=O)OCCCCCCCCCCCCCCCCCCCCCCCCCCC(=O)NC(CO)C(O)CCCCCCCCCCC. The van der Waals surface area contributed by atoms with E-state index in [0.29, 0.717) is 25.9 Å². The first-order chi connectivity index (χ1) is 33.5. The topological polar surface area (TPSA) is 95.9 Å². The number of hydrogen-bond donors (Lipinski definition) is 3. The van der Waals surface area contributed by atoms with Gasteiger partial charge in [0.2, 0.25) is 5.91 Å². The predicted octanol–water partition coefficient (Wildman–Crippen LogP) is 19.2. The fourth-order valence-corrected chi connectivity index (χ4v) is 9.81. The van der Waals surface area contributed by atoms with Crippen LogP contribution in [0, 0.1) is 0 Å². The van der Waals surface area contributed by atoms with Gasteiger partial charge >= 0.3 is 5.97 Å². The molecule has 2 unspecified atom stereocenters. The molecule has 2 atom stereocenters. The average Bonchev–Trinajstić information content (AvgIpc) is 3.34. The van der Waals surface area contributed by atoms with Crippen LogP contribution >= 0.6 is 0 Å². The molecular weight excluding hydrogens is 839 g/mol. The lowest BCUT2D eigenvalue weighted by atomic mass is 10.0. The summed E-state index contributed by atoms with van der Waals surface area (Å²) in [5.74, 6) is -0.0218. The van der Waals surface area contributed by atoms with Crippen molar-refractivity contribution in [3.8, 4) is 0 Å². The molecule has 0 fully saturated rings. The van der Waals surface area contributed by atoms with Gasteiger partial charge in [0.15, 0.2) is 0 Å². The Morgan fingerprint density at radius 1 is 0.397 bits per heavy atom. The third kappa shape index (κ3) is 53.9. The molecule has 0 aromatic rings. The van der Waals surface area contributed by atoms with Crippen molar-refractivity contribution >= 4 is 11.9 Å². The third-order valence-corrected chi connectivity index (χ3v) is 14.6. The van der Waals surface area contributed by atoms with E-state index in [9.17, 15) is 19.8 Å². The van der Waals surface area contributed by atoms with Gasteiger partial charge in [-0.25, -0.2) is 0 Å². The zero-order valence-electron chi connectivity index (χ0n) is 46.1. The Bertz CT molecular complexity index is 1020. The van der Waals surface area contributed by atoms with Crippen molar-refractivity contribution in [2.75, 3.05) is 13.2 Å². The first-order valence-electron chi connectivity index (χ1n) is 30.9. The molecule has 68 heavy (non-hydrogen) atoms. The van der Waals surface area contributed by atoms with Gasteiger partial charge in [-0.1, -0.05) is 296 Å². The van der Waals surface area contributed by atoms with Gasteiger partial charge in [0, 0.05) is 12.8 Å². The maximum absolute atomic E-state index is 12.4. The lowest BCUT2D eigenvalue weighted by Gasteiger charge is -2.22. The van der Waals surface area contributed by atoms with Crippen molar-refractivity contribution in [2.45, 2.75) is 360 Å². The van der Waals surface area contributed by atoms with Crippen LogP contribution in [0.2, 0.25) is 0 Å². The highest BCUT2D eigenvalue weighted by Gasteiger charge is 2.20. The van der Waals surface area contributed by atoms with E-state index >= 15 is 0 Å². The number of nitrogens with one attached hydrogen (secondary N) is 1. The Hall–Kier alpha value is -1.40. The molecule has 0 saturated heterocycles. The zero-order chi connectivity index (χ0) is 49.3. The lowest BCUT2D eigenvalue weighted by molar-refractivity contribution is -0.143. The Morgan fingerprint density at radius 2 is 0.691 bits per heavy atom. The van der Waals surface area contributed by atoms with Crippen LogP contribution in [0.15, 0.2) is 12.2 Å². The van der Waals surface area contributed by atoms with Crippen LogP contribution in [0.4, 0.5) is 0 Å². The maximum Gasteiger partial charge on any atom is 0.305 e. The van der Waals surface area contributed by atoms with Gasteiger partial charge in [-0.05, 0) is 51.4 Å². The molecule has 0 aliphatic carbocycles. The fourth-order valence-electron chi connectivity index (χ4n) is 9.81. The van der Waals surface area contributed by atoms with Crippen LogP contribution in [-0.4, -0.2) is 47.4 Å². The largest absolute Gasteiger partial charge is 0.466 e. The van der Waals surface area contributed by atoms with Crippen LogP contribution < -0.4 is 5.32 Å². The minimum Gasteiger partial charge on any atom is -0.466 e. The van der Waals surface area contributed by atoms with Gasteiger partial charge in [0.05, 0.1) is 25.4 Å². The van der Waals surface area contributed by atoms with Crippen LogP contribution in [0.25, 0.3) is 0 Å². The average molecular weight is 961 g/mol. The van der Waals surface area contributed by atoms with E-state index in [2.05, 4.69) is 31.3 Å². The van der Waals surface area contributed by atoms with Gasteiger partial charge < -0.3 is 20.3 Å². The number of aliphatic hydroxyl groups excluding tert-OH is 2. The molecule has 3 N–H and O–H groups in total. The molecule has 0 spiro atoms. The smallest absolute Gasteiger partial charge is 0.305 e. The number of amides is 1. The molecule has 0 aliphatic heterocycles. The highest BCUT2D eigenvalue weighted by Crippen LogP contribution is 2.18. The maximum atomic E-state index is 12.4. The highest BCUT2D eigenvalue weighted by atomic mass is 16.5. The standard InChI is InChI=1S/C62H121NO5/c1-3-5-7-9-11-13-14-15-16-17-27-30-33-36-40-44-48-52-56-62(67)68-57-53-49-45-41-37-34-31-28-25-23-21-19-18-20-22-24-26-29-32-35-39-43-47-51-55-61(66)63-59(58-64)60(65)54-50-46-42-38-12-10-8-6-4-2/h16-17,59-60,64-65H,3-15,18-58H2,1-2H3,(H,63,66)/b17-16-. The summed E-state index contributed by atoms with van der Waals surface area (Å²) in [5.41, 5.74) is 0. The first kappa shape index (κ1) is 66.6. The molecule has 1 amide bonds. The van der Waals surface area contributed by atoms with Crippen LogP contribution in [0.3, 0.4) is 0 Å². The van der Waals surface area contributed by atoms with Crippen molar-refractivity contribution in [2.24, 2.45) is 0 Å². The number of unbranched alkanes of at least 4 members (excludes halogenated alkanes) is 45. The summed E-state index contributed by atoms with van der Waals surface area (Å²) >= 11 is 0. The van der Waals surface area contributed by atoms with E-state index in [1.54, 1.807) is 0 Å². The molecule has 0 saturated carbocycles. The molecular formula is C62H121NO5. The zero-order valence-corrected chi connectivity index (χ0v) is 46.1. The number of rotatable bonds is 58. The minimum atomic E-state index is -0.660. The van der Waals surface area contributed by atoms with Gasteiger partial charge in [-0.15, -0.1) is 0 Å². The molecule has 0 rings (SSSR count). The summed E-state index contributed by atoms with van der Waals surface area (Å²) in [5, 5.41) is 23.1. The summed E-state index contributed by atoms with van der Waals surface area (Å²) in [6.45, 7) is 4.95. The second-order valence-electron chi connectivity index (χ2n) is 21.4. The van der Waals surface area contributed by atoms with Crippen LogP contribution in [0.5, 0.6) is 0 Å². The lowest BCUT2D eigenvalue weighted by Crippen LogP contribution is -2.45. The number of carbonyl (C=O) groups is 2. The van der Waals surface area contributed by atoms with Gasteiger partial charge in [-0.2, -0.15) is 0 Å². The molecule has 6 nitrogen and oxygen atoms in total. The van der Waals surface area contributed by atoms with Gasteiger partial charge in [0.1, 0.15) is 0 Å². The van der Waals surface area contributed by atoms with E-state index in [-0.39, 0.29) is 18.5 Å². The van der Waals surface area contributed by atoms with Crippen molar-refractivity contribution in [1.29, 1.82) is 0 Å². The van der Waals surface area contributed by atoms with E-state index in [1.807, 2.05) is 0 Å². The summed E-state index contributed by atoms with van der Waals surface area (Å²) < 4.78 is 5.50. The molecule has 6 heteroatoms. The van der Waals surface area contributed by atoms with Gasteiger partial charge in [0.25, 0.3) is 0 Å². The molecule has 0 radical (unpaired) electrons. The fraction of sp³-hybridized carbons (Fsp3) is 0.935. The van der Waals surface area contributed by atoms with E-state index < -0.39 is 12.1 Å². The Labute approximate surface area is 425 Å². The second-order valence-corrected chi connectivity index (χ2v) is 21.4. The Kier molecular flexibility index (Phi) is 57.0. The number of allylic oxidation sites excluding steroid dienone is 2. The highest BCUT2D eigenvalue weighted by molar-refractivity contribution is 5.76. The van der Waals surface area contributed by atoms with E-state index in [1.165, 1.54) is 270 Å². The molecule has 0 aliphatic rings. The first-order valence-corrected chi connectivity index (χ1v) is 30.9. The Morgan fingerprint density at radius 3 is 1.04 bits per heavy atom. The summed E-state index contributed by atoms with van der Waals surface area (Å²) in [7, 11) is 0. The van der Waals surface area contributed by atoms with Crippen LogP contribution in [0.1, 0.15) is 348 Å². The molecule has 0 heterocycles. The molecule has 0 aromatic carbocycles. The van der Waals surface area contributed by atoms with Crippen molar-refractivity contribution in [3.05, 3.63) is 12.2 Å². The quantitative estimate of drug-likeness (QED) is 0.0321. The normalized spacial score (nSPS) is 12.6. The second kappa shape index (κ2) is 58.2. The van der Waals surface area contributed by atoms with E-state index in [4.69, 9.17) is 4.74 Å². The number of hydrogen-bond acceptors (Lipinski definition) is 5. The number of esters is 1. The minimum absolute atomic E-state index is 0.0130. The number of ether oxygens (including phenoxy) is 1. The predicted molar refractivity (Wildman–Crippen MR) is 297 cm³/mol. The molecule has 0 bridgehead atoms. The van der Waals surface area contributed by atoms with Crippen molar-refractivity contribution in [3.63, 3.8) is 0 Å². The monoisotopic (exact) mass is 960 g/mol. The third-order valence-electron chi connectivity index (χ3n) is 14.6. The van der Waals surface area contributed by atoms with Crippen molar-refractivity contribution < 1.29 is 24.5 Å². The van der Waals surface area contributed by atoms with Crippen molar-refractivity contribution in [1.82, 2.24) is 5.32 Å². The summed E-state index contributed by atoms with van der Waals surface area (Å²) in [4.78, 5) is 24.5. The number of carbonyl (C=O) groups excluding carboxylic acids is 2. The summed E-state index contributed by atoms with van der Waals surface area (Å²) in [6.07, 6.45) is 69.5. The molecule has 0 aromatic heterocycles. The molecule has 404 valence electrons. The Balaban J connectivity index is 3.32. The van der Waals surface area contributed by atoms with Crippen LogP contribution in [-0.2, 0) is 14.3 Å². The number of aliphatic hydroxyl groups is 2.